The average molecular weight is 551 g/mol. The minimum absolute atomic E-state index is 0.0984. The van der Waals surface area contributed by atoms with E-state index in [4.69, 9.17) is 21.1 Å². The van der Waals surface area contributed by atoms with Crippen molar-refractivity contribution in [1.29, 1.82) is 0 Å². The van der Waals surface area contributed by atoms with E-state index in [0.717, 1.165) is 25.9 Å². The first kappa shape index (κ1) is 27.2. The molecule has 4 rings (SSSR count). The van der Waals surface area contributed by atoms with Gasteiger partial charge in [-0.2, -0.15) is 0 Å². The summed E-state index contributed by atoms with van der Waals surface area (Å²) in [5.74, 6) is 1.17. The van der Waals surface area contributed by atoms with Gasteiger partial charge in [-0.25, -0.2) is 23.4 Å². The number of aromatic nitrogens is 6. The van der Waals surface area contributed by atoms with Crippen LogP contribution in [0.25, 0.3) is 11.5 Å². The van der Waals surface area contributed by atoms with Gasteiger partial charge in [0, 0.05) is 38.2 Å². The molecular formula is C23H31ClN8O4S. The van der Waals surface area contributed by atoms with Crippen molar-refractivity contribution in [3.05, 3.63) is 41.4 Å². The van der Waals surface area contributed by atoms with Gasteiger partial charge in [0.25, 0.3) is 0 Å². The molecule has 1 aliphatic heterocycles. The van der Waals surface area contributed by atoms with E-state index in [-0.39, 0.29) is 17.8 Å². The molecular weight excluding hydrogens is 520 g/mol. The Kier molecular flexibility index (Phi) is 8.57. The fourth-order valence-corrected chi connectivity index (χ4v) is 5.73. The average Bonchev–Trinajstić information content (AvgIpc) is 3.52. The lowest BCUT2D eigenvalue weighted by Crippen LogP contribution is -2.35. The Morgan fingerprint density at radius 2 is 1.97 bits per heavy atom. The highest BCUT2D eigenvalue weighted by Crippen LogP contribution is 2.28. The van der Waals surface area contributed by atoms with Gasteiger partial charge in [-0.05, 0) is 38.9 Å². The number of methoxy groups -OCH3 is 2. The van der Waals surface area contributed by atoms with Gasteiger partial charge in [0.05, 0.1) is 12.1 Å². The Hall–Kier alpha value is -2.87. The summed E-state index contributed by atoms with van der Waals surface area (Å²) in [6.45, 7) is 6.02. The first-order chi connectivity index (χ1) is 17.8. The molecule has 0 aromatic carbocycles. The number of hydrogen-bond donors (Lipinski definition) is 1. The highest BCUT2D eigenvalue weighted by molar-refractivity contribution is 7.93. The quantitative estimate of drug-likeness (QED) is 0.379. The fourth-order valence-electron chi connectivity index (χ4n) is 4.48. The van der Waals surface area contributed by atoms with Crippen molar-refractivity contribution in [2.75, 3.05) is 32.0 Å². The van der Waals surface area contributed by atoms with E-state index < -0.39 is 21.4 Å². The first-order valence-corrected chi connectivity index (χ1v) is 13.9. The van der Waals surface area contributed by atoms with Crippen molar-refractivity contribution in [2.45, 2.75) is 50.6 Å². The zero-order valence-electron chi connectivity index (χ0n) is 21.2. The number of halogens is 1. The fraction of sp³-hybridized carbons (Fsp3) is 0.522. The van der Waals surface area contributed by atoms with E-state index >= 15 is 0 Å². The van der Waals surface area contributed by atoms with Crippen LogP contribution in [0, 0.1) is 0 Å². The number of nitrogens with zero attached hydrogens (tertiary/aromatic N) is 7. The molecule has 4 heterocycles. The molecule has 3 aromatic heterocycles. The largest absolute Gasteiger partial charge is 0.481 e. The number of pyridine rings is 1. The van der Waals surface area contributed by atoms with Crippen LogP contribution in [0.4, 0.5) is 5.95 Å². The molecule has 1 saturated heterocycles. The number of hydrogen-bond acceptors (Lipinski definition) is 10. The Balaban J connectivity index is 1.68. The summed E-state index contributed by atoms with van der Waals surface area (Å²) in [7, 11) is -1.07. The van der Waals surface area contributed by atoms with Crippen LogP contribution in [-0.4, -0.2) is 81.6 Å². The molecule has 0 aliphatic carbocycles. The number of sulfonamides is 1. The number of likely N-dealkylation sites (tertiary alicyclic amines) is 1. The van der Waals surface area contributed by atoms with Crippen molar-refractivity contribution in [3.63, 3.8) is 0 Å². The van der Waals surface area contributed by atoms with E-state index in [2.05, 4.69) is 41.7 Å². The molecule has 1 fully saturated rings. The molecule has 14 heteroatoms. The molecule has 3 atom stereocenters. The molecule has 1 unspecified atom stereocenters. The summed E-state index contributed by atoms with van der Waals surface area (Å²) >= 11 is 5.89. The molecule has 3 aromatic rings. The van der Waals surface area contributed by atoms with Gasteiger partial charge in [0.1, 0.15) is 17.0 Å². The molecule has 12 nitrogen and oxygen atoms in total. The third kappa shape index (κ3) is 6.00. The van der Waals surface area contributed by atoms with Crippen molar-refractivity contribution in [1.82, 2.24) is 34.6 Å². The van der Waals surface area contributed by atoms with Crippen molar-refractivity contribution >= 4 is 27.6 Å². The minimum atomic E-state index is -4.01. The molecule has 1 N–H and O–H groups in total. The molecule has 0 bridgehead atoms. The molecule has 37 heavy (non-hydrogen) atoms. The topological polar surface area (TPSA) is 137 Å². The maximum atomic E-state index is 13.5. The third-order valence-corrected chi connectivity index (χ3v) is 8.40. The summed E-state index contributed by atoms with van der Waals surface area (Å²) in [6.07, 6.45) is 3.92. The lowest BCUT2D eigenvalue weighted by atomic mass is 10.2. The van der Waals surface area contributed by atoms with Crippen LogP contribution >= 0.6 is 11.6 Å². The summed E-state index contributed by atoms with van der Waals surface area (Å²) < 4.78 is 42.1. The smallest absolute Gasteiger partial charge is 0.240 e. The Morgan fingerprint density at radius 3 is 2.65 bits per heavy atom. The van der Waals surface area contributed by atoms with Crippen molar-refractivity contribution < 1.29 is 17.9 Å². The van der Waals surface area contributed by atoms with Gasteiger partial charge in [0.15, 0.2) is 11.6 Å². The van der Waals surface area contributed by atoms with E-state index in [1.165, 1.54) is 33.5 Å². The minimum Gasteiger partial charge on any atom is -0.481 e. The highest BCUT2D eigenvalue weighted by atomic mass is 35.5. The van der Waals surface area contributed by atoms with E-state index in [9.17, 15) is 8.42 Å². The number of ether oxygens (including phenoxy) is 2. The Labute approximate surface area is 221 Å². The number of rotatable bonds is 11. The molecule has 200 valence electrons. The SMILES string of the molecule is CCN1CCCC1Cn1c(NS(=O)(=O)[C@@H](C)[C@H](OC)c2ncc(Cl)cn2)nnc1-c1cccc(OC)n1. The van der Waals surface area contributed by atoms with Crippen LogP contribution in [0.5, 0.6) is 5.88 Å². The van der Waals surface area contributed by atoms with Gasteiger partial charge in [-0.3, -0.25) is 14.2 Å². The van der Waals surface area contributed by atoms with Gasteiger partial charge in [-0.1, -0.05) is 24.6 Å². The van der Waals surface area contributed by atoms with Crippen molar-refractivity contribution in [2.24, 2.45) is 0 Å². The van der Waals surface area contributed by atoms with Gasteiger partial charge in [-0.15, -0.1) is 10.2 Å². The molecule has 0 amide bonds. The van der Waals surface area contributed by atoms with E-state index in [0.29, 0.717) is 29.0 Å². The van der Waals surface area contributed by atoms with Crippen LogP contribution in [-0.2, 0) is 21.3 Å². The summed E-state index contributed by atoms with van der Waals surface area (Å²) in [5.41, 5.74) is 0.524. The Morgan fingerprint density at radius 1 is 1.22 bits per heavy atom. The summed E-state index contributed by atoms with van der Waals surface area (Å²) in [5, 5.41) is 7.81. The zero-order chi connectivity index (χ0) is 26.6. The van der Waals surface area contributed by atoms with E-state index in [1.54, 1.807) is 22.8 Å². The molecule has 0 saturated carbocycles. The molecule has 0 spiro atoms. The highest BCUT2D eigenvalue weighted by Gasteiger charge is 2.35. The second-order valence-electron chi connectivity index (χ2n) is 8.72. The second-order valence-corrected chi connectivity index (χ2v) is 11.2. The monoisotopic (exact) mass is 550 g/mol. The predicted molar refractivity (Wildman–Crippen MR) is 139 cm³/mol. The van der Waals surface area contributed by atoms with Gasteiger partial charge in [0.2, 0.25) is 21.9 Å². The van der Waals surface area contributed by atoms with Crippen LogP contribution in [0.3, 0.4) is 0 Å². The lowest BCUT2D eigenvalue weighted by Gasteiger charge is -2.25. The van der Waals surface area contributed by atoms with Crippen LogP contribution < -0.4 is 9.46 Å². The third-order valence-electron chi connectivity index (χ3n) is 6.51. The summed E-state index contributed by atoms with van der Waals surface area (Å²) in [6, 6.07) is 5.53. The normalized spacial score (nSPS) is 18.0. The number of anilines is 1. The van der Waals surface area contributed by atoms with Gasteiger partial charge >= 0.3 is 0 Å². The van der Waals surface area contributed by atoms with Crippen molar-refractivity contribution in [3.8, 4) is 17.4 Å². The van der Waals surface area contributed by atoms with Crippen LogP contribution in [0.1, 0.15) is 38.6 Å². The van der Waals surface area contributed by atoms with Crippen LogP contribution in [0.15, 0.2) is 30.6 Å². The first-order valence-electron chi connectivity index (χ1n) is 12.0. The van der Waals surface area contributed by atoms with E-state index in [1.807, 2.05) is 0 Å². The lowest BCUT2D eigenvalue weighted by molar-refractivity contribution is 0.0950. The predicted octanol–water partition coefficient (Wildman–Crippen LogP) is 2.79. The number of likely N-dealkylation sites (N-methyl/N-ethyl adjacent to an activating group) is 1. The second kappa shape index (κ2) is 11.7. The maximum Gasteiger partial charge on any atom is 0.240 e. The summed E-state index contributed by atoms with van der Waals surface area (Å²) in [4.78, 5) is 15.1. The Bertz CT molecular complexity index is 1300. The maximum absolute atomic E-state index is 13.5. The standard InChI is InChI=1S/C23H31ClN8O4S/c1-5-31-11-7-8-17(31)14-32-22(18-9-6-10-19(27-18)35-3)28-29-23(32)30-37(33,34)15(2)20(36-4)21-25-12-16(24)13-26-21/h6,9-10,12-13,15,17,20H,5,7-8,11,14H2,1-4H3,(H,29,30)/t15-,17?,20-/m0/s1. The number of nitrogens with one attached hydrogen (secondary N) is 1. The van der Waals surface area contributed by atoms with Gasteiger partial charge < -0.3 is 9.47 Å². The zero-order valence-corrected chi connectivity index (χ0v) is 22.8. The molecule has 1 aliphatic rings. The molecule has 0 radical (unpaired) electrons. The van der Waals surface area contributed by atoms with Crippen LogP contribution in [0.2, 0.25) is 5.02 Å².